The summed E-state index contributed by atoms with van der Waals surface area (Å²) in [4.78, 5) is 17.3. The molecule has 1 fully saturated rings. The number of para-hydroxylation sites is 1. The molecule has 31 heavy (non-hydrogen) atoms. The van der Waals surface area contributed by atoms with Gasteiger partial charge < -0.3 is 9.84 Å². The molecular weight excluding hydrogens is 390 g/mol. The summed E-state index contributed by atoms with van der Waals surface area (Å²) in [5.41, 5.74) is 4.75. The SMILES string of the molecule is Cc1ccccc1NC(=O)c1cn(-c2ccc(-c3noc(C4CCC4)n3)cc2)nc1C. The molecule has 0 unspecified atom stereocenters. The Morgan fingerprint density at radius 3 is 2.58 bits per heavy atom. The maximum Gasteiger partial charge on any atom is 0.259 e. The molecule has 0 atom stereocenters. The number of hydrogen-bond acceptors (Lipinski definition) is 5. The second-order valence-corrected chi connectivity index (χ2v) is 7.97. The quantitative estimate of drug-likeness (QED) is 0.494. The first kappa shape index (κ1) is 19.2. The van der Waals surface area contributed by atoms with E-state index >= 15 is 0 Å². The van der Waals surface area contributed by atoms with E-state index in [-0.39, 0.29) is 5.91 Å². The Bertz CT molecular complexity index is 1240. The molecule has 0 spiro atoms. The minimum Gasteiger partial charge on any atom is -0.339 e. The lowest BCUT2D eigenvalue weighted by Gasteiger charge is -2.20. The van der Waals surface area contributed by atoms with Crippen LogP contribution in [0.2, 0.25) is 0 Å². The van der Waals surface area contributed by atoms with Gasteiger partial charge in [0.2, 0.25) is 11.7 Å². The molecule has 156 valence electrons. The fourth-order valence-corrected chi connectivity index (χ4v) is 3.65. The summed E-state index contributed by atoms with van der Waals surface area (Å²) < 4.78 is 7.13. The van der Waals surface area contributed by atoms with Gasteiger partial charge in [-0.3, -0.25) is 4.79 Å². The molecule has 4 aromatic rings. The minimum atomic E-state index is -0.176. The third-order valence-electron chi connectivity index (χ3n) is 5.82. The van der Waals surface area contributed by atoms with Crippen molar-refractivity contribution in [1.29, 1.82) is 0 Å². The lowest BCUT2D eigenvalue weighted by Crippen LogP contribution is -2.13. The predicted molar refractivity (Wildman–Crippen MR) is 117 cm³/mol. The van der Waals surface area contributed by atoms with E-state index in [1.165, 1.54) is 6.42 Å². The van der Waals surface area contributed by atoms with Gasteiger partial charge in [0.1, 0.15) is 0 Å². The Morgan fingerprint density at radius 1 is 1.10 bits per heavy atom. The van der Waals surface area contributed by atoms with Gasteiger partial charge in [-0.15, -0.1) is 0 Å². The predicted octanol–water partition coefficient (Wildman–Crippen LogP) is 5.06. The average molecular weight is 413 g/mol. The first-order valence-corrected chi connectivity index (χ1v) is 10.5. The number of benzene rings is 2. The van der Waals surface area contributed by atoms with Crippen molar-refractivity contribution in [2.45, 2.75) is 39.0 Å². The van der Waals surface area contributed by atoms with Crippen LogP contribution >= 0.6 is 0 Å². The van der Waals surface area contributed by atoms with E-state index in [0.29, 0.717) is 23.0 Å². The van der Waals surface area contributed by atoms with Gasteiger partial charge in [0, 0.05) is 23.4 Å². The Morgan fingerprint density at radius 2 is 1.87 bits per heavy atom. The maximum atomic E-state index is 12.8. The minimum absolute atomic E-state index is 0.176. The molecular formula is C24H23N5O2. The van der Waals surface area contributed by atoms with Crippen molar-refractivity contribution in [3.8, 4) is 17.1 Å². The summed E-state index contributed by atoms with van der Waals surface area (Å²) in [5.74, 6) is 1.57. The number of rotatable bonds is 5. The van der Waals surface area contributed by atoms with Gasteiger partial charge in [0.05, 0.1) is 16.9 Å². The monoisotopic (exact) mass is 413 g/mol. The number of aryl methyl sites for hydroxylation is 2. The molecule has 0 aliphatic heterocycles. The van der Waals surface area contributed by atoms with Gasteiger partial charge >= 0.3 is 0 Å². The second kappa shape index (κ2) is 7.83. The van der Waals surface area contributed by atoms with Crippen molar-refractivity contribution in [1.82, 2.24) is 19.9 Å². The number of nitrogens with zero attached hydrogens (tertiary/aromatic N) is 4. The molecule has 2 heterocycles. The molecule has 1 aliphatic carbocycles. The van der Waals surface area contributed by atoms with Crippen molar-refractivity contribution < 1.29 is 9.32 Å². The first-order valence-electron chi connectivity index (χ1n) is 10.5. The summed E-state index contributed by atoms with van der Waals surface area (Å²) in [6.45, 7) is 3.80. The zero-order valence-electron chi connectivity index (χ0n) is 17.5. The molecule has 1 saturated carbocycles. The van der Waals surface area contributed by atoms with Crippen LogP contribution in [0.15, 0.2) is 59.3 Å². The van der Waals surface area contributed by atoms with Crippen LogP contribution in [0.1, 0.15) is 52.7 Å². The molecule has 0 radical (unpaired) electrons. The van der Waals surface area contributed by atoms with E-state index < -0.39 is 0 Å². The maximum absolute atomic E-state index is 12.8. The van der Waals surface area contributed by atoms with Gasteiger partial charge in [-0.2, -0.15) is 10.1 Å². The number of carbonyl (C=O) groups is 1. The third-order valence-corrected chi connectivity index (χ3v) is 5.82. The summed E-state index contributed by atoms with van der Waals surface area (Å²) in [6.07, 6.45) is 5.23. The molecule has 1 N–H and O–H groups in total. The fraction of sp³-hybridized carbons (Fsp3) is 0.250. The molecule has 0 bridgehead atoms. The highest BCUT2D eigenvalue weighted by atomic mass is 16.5. The summed E-state index contributed by atoms with van der Waals surface area (Å²) >= 11 is 0. The standard InChI is InChI=1S/C24H23N5O2/c1-15-6-3-4-9-21(15)25-23(30)20-14-29(27-16(20)2)19-12-10-17(11-13-19)22-26-24(31-28-22)18-7-5-8-18/h3-4,6,9-14,18H,5,7-8H2,1-2H3,(H,25,30). The number of anilines is 1. The lowest BCUT2D eigenvalue weighted by molar-refractivity contribution is 0.102. The van der Waals surface area contributed by atoms with Gasteiger partial charge in [0.15, 0.2) is 0 Å². The fourth-order valence-electron chi connectivity index (χ4n) is 3.65. The number of aromatic nitrogens is 4. The topological polar surface area (TPSA) is 85.8 Å². The Balaban J connectivity index is 1.34. The van der Waals surface area contributed by atoms with Crippen molar-refractivity contribution in [3.05, 3.63) is 77.4 Å². The van der Waals surface area contributed by atoms with Crippen LogP contribution in [-0.4, -0.2) is 25.8 Å². The number of amides is 1. The molecule has 1 aliphatic rings. The summed E-state index contributed by atoms with van der Waals surface area (Å²) in [7, 11) is 0. The van der Waals surface area contributed by atoms with Crippen molar-refractivity contribution in [2.75, 3.05) is 5.32 Å². The summed E-state index contributed by atoms with van der Waals surface area (Å²) in [5, 5.41) is 11.6. The van der Waals surface area contributed by atoms with Gasteiger partial charge in [-0.25, -0.2) is 4.68 Å². The zero-order valence-corrected chi connectivity index (χ0v) is 17.5. The molecule has 2 aromatic heterocycles. The largest absolute Gasteiger partial charge is 0.339 e. The summed E-state index contributed by atoms with van der Waals surface area (Å²) in [6, 6.07) is 15.4. The van der Waals surface area contributed by atoms with E-state index in [1.807, 2.05) is 62.4 Å². The zero-order chi connectivity index (χ0) is 21.4. The van der Waals surface area contributed by atoms with Crippen LogP contribution in [0.4, 0.5) is 5.69 Å². The van der Waals surface area contributed by atoms with Crippen LogP contribution in [0.25, 0.3) is 17.1 Å². The Kier molecular flexibility index (Phi) is 4.86. The van der Waals surface area contributed by atoms with Crippen molar-refractivity contribution >= 4 is 11.6 Å². The van der Waals surface area contributed by atoms with E-state index in [4.69, 9.17) is 4.52 Å². The molecule has 2 aromatic carbocycles. The normalized spacial score (nSPS) is 13.7. The van der Waals surface area contributed by atoms with E-state index in [2.05, 4.69) is 20.6 Å². The van der Waals surface area contributed by atoms with E-state index in [0.717, 1.165) is 41.2 Å². The Hall–Kier alpha value is -3.74. The molecule has 7 nitrogen and oxygen atoms in total. The number of carbonyl (C=O) groups excluding carboxylic acids is 1. The highest BCUT2D eigenvalue weighted by Gasteiger charge is 2.25. The second-order valence-electron chi connectivity index (χ2n) is 7.97. The molecule has 0 saturated heterocycles. The van der Waals surface area contributed by atoms with Crippen LogP contribution in [0.3, 0.4) is 0 Å². The number of hydrogen-bond donors (Lipinski definition) is 1. The van der Waals surface area contributed by atoms with Crippen LogP contribution < -0.4 is 5.32 Å². The average Bonchev–Trinajstić information content (AvgIpc) is 3.36. The van der Waals surface area contributed by atoms with Gasteiger partial charge in [0.25, 0.3) is 5.91 Å². The van der Waals surface area contributed by atoms with Crippen molar-refractivity contribution in [3.63, 3.8) is 0 Å². The van der Waals surface area contributed by atoms with E-state index in [9.17, 15) is 4.79 Å². The molecule has 5 rings (SSSR count). The van der Waals surface area contributed by atoms with Gasteiger partial charge in [-0.1, -0.05) is 29.8 Å². The highest BCUT2D eigenvalue weighted by Crippen LogP contribution is 2.36. The van der Waals surface area contributed by atoms with Crippen molar-refractivity contribution in [2.24, 2.45) is 0 Å². The van der Waals surface area contributed by atoms with Gasteiger partial charge in [-0.05, 0) is 62.6 Å². The van der Waals surface area contributed by atoms with Crippen LogP contribution in [0.5, 0.6) is 0 Å². The third kappa shape index (κ3) is 3.74. The lowest BCUT2D eigenvalue weighted by atomic mass is 9.85. The van der Waals surface area contributed by atoms with Crippen LogP contribution in [-0.2, 0) is 0 Å². The molecule has 1 amide bonds. The van der Waals surface area contributed by atoms with E-state index in [1.54, 1.807) is 10.9 Å². The smallest absolute Gasteiger partial charge is 0.259 e. The van der Waals surface area contributed by atoms with Crippen LogP contribution in [0, 0.1) is 13.8 Å². The first-order chi connectivity index (χ1) is 15.1. The Labute approximate surface area is 180 Å². The number of nitrogens with one attached hydrogen (secondary N) is 1. The highest BCUT2D eigenvalue weighted by molar-refractivity contribution is 6.05. The molecule has 7 heteroatoms.